The van der Waals surface area contributed by atoms with Crippen molar-refractivity contribution in [2.24, 2.45) is 5.92 Å². The number of hydrogen-bond acceptors (Lipinski definition) is 3. The Kier molecular flexibility index (Phi) is 6.73. The monoisotopic (exact) mass is 278 g/mol. The first-order chi connectivity index (χ1) is 9.49. The van der Waals surface area contributed by atoms with E-state index in [0.29, 0.717) is 18.9 Å². The van der Waals surface area contributed by atoms with Crippen LogP contribution in [0.1, 0.15) is 25.8 Å². The molecule has 20 heavy (non-hydrogen) atoms. The Hall–Kier alpha value is -1.88. The lowest BCUT2D eigenvalue weighted by atomic mass is 10.0. The Bertz CT molecular complexity index is 432. The second-order valence-corrected chi connectivity index (χ2v) is 5.16. The maximum atomic E-state index is 12.0. The molecule has 1 aromatic rings. The average molecular weight is 278 g/mol. The molecule has 0 saturated carbocycles. The van der Waals surface area contributed by atoms with Crippen molar-refractivity contribution in [2.75, 3.05) is 6.54 Å². The van der Waals surface area contributed by atoms with Crippen molar-refractivity contribution in [3.63, 3.8) is 0 Å². The molecule has 0 radical (unpaired) electrons. The van der Waals surface area contributed by atoms with Gasteiger partial charge in [-0.05, 0) is 17.9 Å². The van der Waals surface area contributed by atoms with Crippen LogP contribution < -0.4 is 10.6 Å². The van der Waals surface area contributed by atoms with Crippen LogP contribution in [-0.2, 0) is 16.1 Å². The third kappa shape index (κ3) is 6.33. The van der Waals surface area contributed by atoms with Gasteiger partial charge in [-0.1, -0.05) is 44.2 Å². The summed E-state index contributed by atoms with van der Waals surface area (Å²) in [5, 5.41) is 14.2. The second-order valence-electron chi connectivity index (χ2n) is 5.16. The SMILES string of the molecule is CC(C)C[C@H](NCc1ccccc1)C(=O)NCC(=O)O. The Morgan fingerprint density at radius 3 is 2.40 bits per heavy atom. The summed E-state index contributed by atoms with van der Waals surface area (Å²) in [6.45, 7) is 4.29. The van der Waals surface area contributed by atoms with E-state index in [1.807, 2.05) is 44.2 Å². The fourth-order valence-corrected chi connectivity index (χ4v) is 1.88. The molecule has 110 valence electrons. The highest BCUT2D eigenvalue weighted by Gasteiger charge is 2.19. The van der Waals surface area contributed by atoms with Gasteiger partial charge in [0.15, 0.2) is 0 Å². The van der Waals surface area contributed by atoms with Crippen LogP contribution in [0.15, 0.2) is 30.3 Å². The van der Waals surface area contributed by atoms with E-state index in [0.717, 1.165) is 5.56 Å². The summed E-state index contributed by atoms with van der Waals surface area (Å²) >= 11 is 0. The maximum Gasteiger partial charge on any atom is 0.322 e. The van der Waals surface area contributed by atoms with Crippen molar-refractivity contribution in [1.29, 1.82) is 0 Å². The first-order valence-corrected chi connectivity index (χ1v) is 6.76. The second kappa shape index (κ2) is 8.32. The average Bonchev–Trinajstić information content (AvgIpc) is 2.41. The minimum Gasteiger partial charge on any atom is -0.480 e. The smallest absolute Gasteiger partial charge is 0.322 e. The summed E-state index contributed by atoms with van der Waals surface area (Å²) < 4.78 is 0. The van der Waals surface area contributed by atoms with Gasteiger partial charge >= 0.3 is 5.97 Å². The van der Waals surface area contributed by atoms with E-state index >= 15 is 0 Å². The molecule has 1 rings (SSSR count). The van der Waals surface area contributed by atoms with Gasteiger partial charge in [-0.25, -0.2) is 0 Å². The van der Waals surface area contributed by atoms with Crippen LogP contribution in [0.25, 0.3) is 0 Å². The minimum absolute atomic E-state index is 0.267. The van der Waals surface area contributed by atoms with E-state index in [1.165, 1.54) is 0 Å². The molecule has 0 aliphatic rings. The number of benzene rings is 1. The molecule has 0 aliphatic carbocycles. The third-order valence-electron chi connectivity index (χ3n) is 2.83. The van der Waals surface area contributed by atoms with Gasteiger partial charge in [0.2, 0.25) is 5.91 Å². The maximum absolute atomic E-state index is 12.0. The third-order valence-corrected chi connectivity index (χ3v) is 2.83. The van der Waals surface area contributed by atoms with Crippen molar-refractivity contribution in [1.82, 2.24) is 10.6 Å². The van der Waals surface area contributed by atoms with Gasteiger partial charge in [-0.2, -0.15) is 0 Å². The number of nitrogens with one attached hydrogen (secondary N) is 2. The van der Waals surface area contributed by atoms with E-state index in [-0.39, 0.29) is 18.5 Å². The number of carbonyl (C=O) groups is 2. The van der Waals surface area contributed by atoms with Crippen molar-refractivity contribution in [3.05, 3.63) is 35.9 Å². The Balaban J connectivity index is 2.55. The van der Waals surface area contributed by atoms with Crippen molar-refractivity contribution >= 4 is 11.9 Å². The molecule has 5 heteroatoms. The minimum atomic E-state index is -1.04. The van der Waals surface area contributed by atoms with E-state index in [1.54, 1.807) is 0 Å². The number of carboxylic acid groups (broad SMARTS) is 1. The zero-order valence-corrected chi connectivity index (χ0v) is 11.9. The molecule has 0 saturated heterocycles. The van der Waals surface area contributed by atoms with Crippen LogP contribution in [0.5, 0.6) is 0 Å². The topological polar surface area (TPSA) is 78.4 Å². The van der Waals surface area contributed by atoms with E-state index in [9.17, 15) is 9.59 Å². The first kappa shape index (κ1) is 16.2. The van der Waals surface area contributed by atoms with Gasteiger partial charge in [0, 0.05) is 6.54 Å². The normalized spacial score (nSPS) is 12.2. The van der Waals surface area contributed by atoms with E-state index in [4.69, 9.17) is 5.11 Å². The lowest BCUT2D eigenvalue weighted by molar-refractivity contribution is -0.138. The van der Waals surface area contributed by atoms with Gasteiger partial charge < -0.3 is 15.7 Å². The molecule has 0 unspecified atom stereocenters. The molecule has 1 aromatic carbocycles. The molecule has 1 atom stereocenters. The fourth-order valence-electron chi connectivity index (χ4n) is 1.88. The molecule has 1 amide bonds. The Morgan fingerprint density at radius 1 is 1.20 bits per heavy atom. The number of carboxylic acids is 1. The predicted molar refractivity (Wildman–Crippen MR) is 77.2 cm³/mol. The number of aliphatic carboxylic acids is 1. The molecule has 5 nitrogen and oxygen atoms in total. The highest BCUT2D eigenvalue weighted by Crippen LogP contribution is 2.06. The lowest BCUT2D eigenvalue weighted by Crippen LogP contribution is -2.46. The van der Waals surface area contributed by atoms with Gasteiger partial charge in [0.25, 0.3) is 0 Å². The lowest BCUT2D eigenvalue weighted by Gasteiger charge is -2.19. The van der Waals surface area contributed by atoms with Gasteiger partial charge in [-0.3, -0.25) is 9.59 Å². The molecule has 3 N–H and O–H groups in total. The molecular formula is C15H22N2O3. The van der Waals surface area contributed by atoms with Crippen LogP contribution in [0.2, 0.25) is 0 Å². The summed E-state index contributed by atoms with van der Waals surface area (Å²) in [7, 11) is 0. The highest BCUT2D eigenvalue weighted by molar-refractivity contribution is 5.85. The fraction of sp³-hybridized carbons (Fsp3) is 0.467. The van der Waals surface area contributed by atoms with Crippen LogP contribution in [0, 0.1) is 5.92 Å². The summed E-state index contributed by atoms with van der Waals surface area (Å²) in [6, 6.07) is 9.41. The zero-order chi connectivity index (χ0) is 15.0. The van der Waals surface area contributed by atoms with Crippen molar-refractivity contribution < 1.29 is 14.7 Å². The molecule has 0 spiro atoms. The molecular weight excluding hydrogens is 256 g/mol. The molecule has 0 fully saturated rings. The summed E-state index contributed by atoms with van der Waals surface area (Å²) in [6.07, 6.45) is 0.665. The van der Waals surface area contributed by atoms with Crippen molar-refractivity contribution in [3.8, 4) is 0 Å². The summed E-state index contributed by atoms with van der Waals surface area (Å²) in [5.41, 5.74) is 1.09. The molecule has 0 aromatic heterocycles. The molecule has 0 bridgehead atoms. The van der Waals surface area contributed by atoms with Crippen molar-refractivity contribution in [2.45, 2.75) is 32.9 Å². The van der Waals surface area contributed by atoms with Crippen LogP contribution >= 0.6 is 0 Å². The van der Waals surface area contributed by atoms with Gasteiger partial charge in [0.05, 0.1) is 6.04 Å². The quantitative estimate of drug-likeness (QED) is 0.671. The Morgan fingerprint density at radius 2 is 1.85 bits per heavy atom. The largest absolute Gasteiger partial charge is 0.480 e. The first-order valence-electron chi connectivity index (χ1n) is 6.76. The Labute approximate surface area is 119 Å². The summed E-state index contributed by atoms with van der Waals surface area (Å²) in [4.78, 5) is 22.5. The number of amides is 1. The molecule has 0 aliphatic heterocycles. The number of hydrogen-bond donors (Lipinski definition) is 3. The number of carbonyl (C=O) groups excluding carboxylic acids is 1. The highest BCUT2D eigenvalue weighted by atomic mass is 16.4. The predicted octanol–water partition coefficient (Wildman–Crippen LogP) is 1.39. The van der Waals surface area contributed by atoms with Gasteiger partial charge in [-0.15, -0.1) is 0 Å². The van der Waals surface area contributed by atoms with E-state index < -0.39 is 5.97 Å². The van der Waals surface area contributed by atoms with Crippen LogP contribution in [0.4, 0.5) is 0 Å². The summed E-state index contributed by atoms with van der Waals surface area (Å²) in [5.74, 6) is -0.958. The molecule has 0 heterocycles. The number of rotatable bonds is 8. The van der Waals surface area contributed by atoms with Crippen LogP contribution in [0.3, 0.4) is 0 Å². The standard InChI is InChI=1S/C15H22N2O3/c1-11(2)8-13(15(20)17-10-14(18)19)16-9-12-6-4-3-5-7-12/h3-7,11,13,16H,8-10H2,1-2H3,(H,17,20)(H,18,19)/t13-/m0/s1. The van der Waals surface area contributed by atoms with Crippen LogP contribution in [-0.4, -0.2) is 29.6 Å². The van der Waals surface area contributed by atoms with E-state index in [2.05, 4.69) is 10.6 Å². The van der Waals surface area contributed by atoms with Gasteiger partial charge in [0.1, 0.15) is 6.54 Å². The zero-order valence-electron chi connectivity index (χ0n) is 11.9.